The predicted octanol–water partition coefficient (Wildman–Crippen LogP) is 6.42. The monoisotopic (exact) mass is 402 g/mol. The highest BCUT2D eigenvalue weighted by atomic mass is 32.2. The highest BCUT2D eigenvalue weighted by Gasteiger charge is 2.36. The Labute approximate surface area is 164 Å². The molecule has 0 bridgehead atoms. The van der Waals surface area contributed by atoms with Crippen LogP contribution in [0.4, 0.5) is 0 Å². The predicted molar refractivity (Wildman–Crippen MR) is 114 cm³/mol. The number of hydrogen-bond acceptors (Lipinski definition) is 5. The molecule has 1 aliphatic carbocycles. The van der Waals surface area contributed by atoms with Gasteiger partial charge < -0.3 is 5.11 Å². The van der Waals surface area contributed by atoms with Crippen molar-refractivity contribution in [1.82, 2.24) is 0 Å². The van der Waals surface area contributed by atoms with Gasteiger partial charge in [0.2, 0.25) is 0 Å². The van der Waals surface area contributed by atoms with Gasteiger partial charge in [-0.25, -0.2) is 0 Å². The minimum absolute atomic E-state index is 0.418. The lowest BCUT2D eigenvalue weighted by atomic mass is 9.90. The van der Waals surface area contributed by atoms with Gasteiger partial charge in [0.05, 0.1) is 5.92 Å². The Kier molecular flexibility index (Phi) is 5.29. The van der Waals surface area contributed by atoms with E-state index in [4.69, 9.17) is 5.11 Å². The maximum absolute atomic E-state index is 7.00. The topological polar surface area (TPSA) is 20.2 Å². The zero-order chi connectivity index (χ0) is 17.2. The van der Waals surface area contributed by atoms with E-state index in [1.54, 1.807) is 0 Å². The van der Waals surface area contributed by atoms with Gasteiger partial charge in [-0.2, -0.15) is 0 Å². The quantitative estimate of drug-likeness (QED) is 0.545. The van der Waals surface area contributed by atoms with Crippen LogP contribution in [0.3, 0.4) is 0 Å². The maximum atomic E-state index is 7.00. The minimum atomic E-state index is 0.418. The molecule has 0 saturated carbocycles. The summed E-state index contributed by atoms with van der Waals surface area (Å²) in [5.41, 5.74) is 1.51. The van der Waals surface area contributed by atoms with Crippen LogP contribution in [0.25, 0.3) is 6.08 Å². The van der Waals surface area contributed by atoms with Gasteiger partial charge in [-0.1, -0.05) is 24.3 Å². The van der Waals surface area contributed by atoms with E-state index < -0.39 is 0 Å². The lowest BCUT2D eigenvalue weighted by Gasteiger charge is -2.19. The van der Waals surface area contributed by atoms with Gasteiger partial charge in [-0.3, -0.25) is 0 Å². The Bertz CT molecular complexity index is 837. The molecule has 25 heavy (non-hydrogen) atoms. The van der Waals surface area contributed by atoms with Crippen molar-refractivity contribution >= 4 is 51.8 Å². The molecule has 5 heteroatoms. The first kappa shape index (κ1) is 17.3. The highest BCUT2D eigenvalue weighted by Crippen LogP contribution is 2.54. The van der Waals surface area contributed by atoms with E-state index in [1.807, 2.05) is 34.0 Å². The molecule has 1 nitrogen and oxygen atoms in total. The number of aliphatic hydroxyl groups is 1. The zero-order valence-electron chi connectivity index (χ0n) is 13.7. The molecule has 1 aliphatic heterocycles. The molecule has 1 N–H and O–H groups in total. The van der Waals surface area contributed by atoms with E-state index in [-0.39, 0.29) is 0 Å². The molecule has 0 saturated heterocycles. The Hall–Kier alpha value is -1.11. The first-order chi connectivity index (χ1) is 12.4. The fraction of sp³-hybridized carbons (Fsp3) is 0.200. The van der Waals surface area contributed by atoms with Gasteiger partial charge >= 0.3 is 0 Å². The van der Waals surface area contributed by atoms with Gasteiger partial charge in [0.25, 0.3) is 0 Å². The molecule has 2 atom stereocenters. The van der Waals surface area contributed by atoms with Gasteiger partial charge in [0.15, 0.2) is 0 Å². The maximum Gasteiger partial charge on any atom is 0.0584 e. The van der Waals surface area contributed by atoms with Crippen molar-refractivity contribution in [3.8, 4) is 0 Å². The largest absolute Gasteiger partial charge is 0.400 e. The summed E-state index contributed by atoms with van der Waals surface area (Å²) in [7, 11) is 1.00. The third kappa shape index (κ3) is 3.20. The molecule has 3 aromatic heterocycles. The fourth-order valence-corrected chi connectivity index (χ4v) is 7.65. The summed E-state index contributed by atoms with van der Waals surface area (Å²) in [6, 6.07) is 11.2. The summed E-state index contributed by atoms with van der Waals surface area (Å²) in [4.78, 5) is 5.88. The Balaban J connectivity index is 0.000000758. The van der Waals surface area contributed by atoms with Crippen molar-refractivity contribution in [3.63, 3.8) is 0 Å². The van der Waals surface area contributed by atoms with Crippen molar-refractivity contribution in [2.45, 2.75) is 17.1 Å². The van der Waals surface area contributed by atoms with E-state index in [0.29, 0.717) is 17.1 Å². The molecule has 2 unspecified atom stereocenters. The highest BCUT2D eigenvalue weighted by molar-refractivity contribution is 8.04. The normalized spacial score (nSPS) is 20.7. The molecule has 128 valence electrons. The summed E-state index contributed by atoms with van der Waals surface area (Å²) >= 11 is 7.66. The molecule has 2 aliphatic rings. The van der Waals surface area contributed by atoms with Crippen molar-refractivity contribution in [2.75, 3.05) is 7.11 Å². The third-order valence-corrected chi connectivity index (χ3v) is 8.57. The lowest BCUT2D eigenvalue weighted by molar-refractivity contribution is 0.399. The van der Waals surface area contributed by atoms with Crippen molar-refractivity contribution in [3.05, 3.63) is 83.7 Å². The second-order valence-electron chi connectivity index (χ2n) is 5.74. The molecule has 0 amide bonds. The molecule has 4 heterocycles. The van der Waals surface area contributed by atoms with Gasteiger partial charge in [0, 0.05) is 32.9 Å². The second kappa shape index (κ2) is 7.64. The first-order valence-corrected chi connectivity index (χ1v) is 11.6. The number of fused-ring (bicyclic) bond motifs is 3. The number of rotatable bonds is 3. The van der Waals surface area contributed by atoms with Crippen LogP contribution in [0.1, 0.15) is 32.0 Å². The van der Waals surface area contributed by atoms with Crippen LogP contribution in [0.5, 0.6) is 0 Å². The van der Waals surface area contributed by atoms with Crippen LogP contribution in [0.2, 0.25) is 0 Å². The number of aliphatic hydroxyl groups excluding tert-OH is 1. The molecule has 0 radical (unpaired) electrons. The van der Waals surface area contributed by atoms with Gasteiger partial charge in [0.1, 0.15) is 0 Å². The average Bonchev–Trinajstić information content (AvgIpc) is 3.43. The Morgan fingerprint density at radius 3 is 2.28 bits per heavy atom. The van der Waals surface area contributed by atoms with Crippen LogP contribution in [0, 0.1) is 0 Å². The smallest absolute Gasteiger partial charge is 0.0584 e. The minimum Gasteiger partial charge on any atom is -0.400 e. The summed E-state index contributed by atoms with van der Waals surface area (Å²) in [6.45, 7) is 0. The molecular weight excluding hydrogens is 384 g/mol. The number of thioether (sulfide) groups is 1. The average molecular weight is 403 g/mol. The zero-order valence-corrected chi connectivity index (χ0v) is 16.9. The summed E-state index contributed by atoms with van der Waals surface area (Å²) in [5, 5.41) is 14.2. The van der Waals surface area contributed by atoms with Gasteiger partial charge in [-0.15, -0.1) is 45.8 Å². The van der Waals surface area contributed by atoms with Gasteiger partial charge in [-0.05, 0) is 50.9 Å². The van der Waals surface area contributed by atoms with Crippen LogP contribution < -0.4 is 0 Å². The number of hydrogen-bond donors (Lipinski definition) is 1. The Morgan fingerprint density at radius 1 is 0.920 bits per heavy atom. The molecule has 0 spiro atoms. The van der Waals surface area contributed by atoms with E-state index in [1.165, 1.54) is 25.1 Å². The SMILES string of the molecule is C1=CC2SC(C(c3cccs3)c3cccs3)=CC2c2ccsc21.CO. The molecule has 0 aromatic carbocycles. The number of thiophene rings is 3. The van der Waals surface area contributed by atoms with Crippen LogP contribution in [-0.2, 0) is 0 Å². The van der Waals surface area contributed by atoms with Crippen molar-refractivity contribution in [2.24, 2.45) is 0 Å². The standard InChI is InChI=1S/C19H14S4.CH4O/c1-3-16(20-8-1)19(17-4-2-9-21-17)18-11-13-12-7-10-22-14(12)5-6-15(13)23-18;1-2/h1-11,13,15,19H;2H,1H3. The van der Waals surface area contributed by atoms with Crippen LogP contribution in [0.15, 0.2) is 63.5 Å². The summed E-state index contributed by atoms with van der Waals surface area (Å²) in [5.74, 6) is 0.963. The van der Waals surface area contributed by atoms with Crippen molar-refractivity contribution in [1.29, 1.82) is 0 Å². The van der Waals surface area contributed by atoms with E-state index in [2.05, 4.69) is 76.5 Å². The van der Waals surface area contributed by atoms with Crippen LogP contribution >= 0.6 is 45.8 Å². The molecule has 3 aromatic rings. The fourth-order valence-electron chi connectivity index (χ4n) is 3.39. The second-order valence-corrected chi connectivity index (χ2v) is 9.90. The first-order valence-electron chi connectivity index (χ1n) is 8.05. The Morgan fingerprint density at radius 2 is 1.64 bits per heavy atom. The van der Waals surface area contributed by atoms with Crippen molar-refractivity contribution < 1.29 is 5.11 Å². The summed E-state index contributed by atoms with van der Waals surface area (Å²) in [6.07, 6.45) is 7.25. The molecule has 5 rings (SSSR count). The molecule has 0 fully saturated rings. The third-order valence-electron chi connectivity index (χ3n) is 4.43. The number of allylic oxidation sites excluding steroid dienone is 2. The molecular formula is C20H18OS4. The van der Waals surface area contributed by atoms with E-state index >= 15 is 0 Å². The van der Waals surface area contributed by atoms with E-state index in [9.17, 15) is 0 Å². The van der Waals surface area contributed by atoms with Crippen LogP contribution in [-0.4, -0.2) is 17.5 Å². The lowest BCUT2D eigenvalue weighted by Crippen LogP contribution is -2.09. The summed E-state index contributed by atoms with van der Waals surface area (Å²) < 4.78 is 0. The van der Waals surface area contributed by atoms with E-state index in [0.717, 1.165) is 7.11 Å².